The van der Waals surface area contributed by atoms with Crippen LogP contribution in [0.15, 0.2) is 29.5 Å². The Morgan fingerprint density at radius 3 is 2.56 bits per heavy atom. The molecule has 1 saturated heterocycles. The lowest BCUT2D eigenvalue weighted by atomic mass is 10.1. The highest BCUT2D eigenvalue weighted by molar-refractivity contribution is 14.0. The zero-order valence-electron chi connectivity index (χ0n) is 20.4. The largest absolute Gasteiger partial charge is 0.357 e. The Balaban J connectivity index is 0.00000363. The van der Waals surface area contributed by atoms with E-state index in [1.54, 1.807) is 0 Å². The van der Waals surface area contributed by atoms with Gasteiger partial charge in [-0.15, -0.1) is 24.0 Å². The Hall–Kier alpha value is -1.88. The maximum absolute atomic E-state index is 4.96. The van der Waals surface area contributed by atoms with Crippen LogP contribution in [-0.2, 0) is 20.1 Å². The topological polar surface area (TPSA) is 64.8 Å². The van der Waals surface area contributed by atoms with E-state index < -0.39 is 0 Å². The molecule has 0 atom stereocenters. The van der Waals surface area contributed by atoms with E-state index in [0.717, 1.165) is 56.7 Å². The maximum Gasteiger partial charge on any atom is 0.194 e. The number of aliphatic imine (C=N–C) groups is 1. The van der Waals surface area contributed by atoms with Crippen molar-refractivity contribution in [2.24, 2.45) is 12.0 Å². The lowest BCUT2D eigenvalue weighted by Gasteiger charge is -2.34. The molecule has 8 nitrogen and oxygen atoms in total. The SMILES string of the molecule is CCNC(=NCc1cccnc1N1CCN(C)CC1)N(C)Cc1cn(C)nc1C(C)C.I. The summed E-state index contributed by atoms with van der Waals surface area (Å²) in [6.45, 7) is 12.8. The molecule has 1 fully saturated rings. The van der Waals surface area contributed by atoms with Gasteiger partial charge in [-0.3, -0.25) is 4.68 Å². The molecule has 2 aromatic rings. The molecule has 0 unspecified atom stereocenters. The number of pyridine rings is 1. The van der Waals surface area contributed by atoms with Crippen LogP contribution in [0.3, 0.4) is 0 Å². The van der Waals surface area contributed by atoms with Gasteiger partial charge in [0.2, 0.25) is 0 Å². The monoisotopic (exact) mass is 554 g/mol. The number of halogens is 1. The van der Waals surface area contributed by atoms with Gasteiger partial charge in [0.15, 0.2) is 5.96 Å². The van der Waals surface area contributed by atoms with Crippen molar-refractivity contribution in [3.05, 3.63) is 41.3 Å². The van der Waals surface area contributed by atoms with E-state index in [2.05, 4.69) is 72.2 Å². The summed E-state index contributed by atoms with van der Waals surface area (Å²) < 4.78 is 1.90. The molecule has 3 heterocycles. The fraction of sp³-hybridized carbons (Fsp3) is 0.609. The molecule has 1 aliphatic heterocycles. The van der Waals surface area contributed by atoms with Gasteiger partial charge in [0, 0.05) is 76.9 Å². The molecule has 1 aliphatic rings. The summed E-state index contributed by atoms with van der Waals surface area (Å²) in [7, 11) is 6.24. The number of piperazine rings is 1. The molecule has 3 rings (SSSR count). The minimum absolute atomic E-state index is 0. The number of guanidine groups is 1. The smallest absolute Gasteiger partial charge is 0.194 e. The average Bonchev–Trinajstić information content (AvgIpc) is 3.12. The highest BCUT2D eigenvalue weighted by Crippen LogP contribution is 2.21. The maximum atomic E-state index is 4.96. The average molecular weight is 555 g/mol. The molecule has 0 amide bonds. The molecule has 0 aliphatic carbocycles. The number of likely N-dealkylation sites (N-methyl/N-ethyl adjacent to an activating group) is 1. The van der Waals surface area contributed by atoms with Gasteiger partial charge in [0.1, 0.15) is 5.82 Å². The van der Waals surface area contributed by atoms with E-state index >= 15 is 0 Å². The van der Waals surface area contributed by atoms with Gasteiger partial charge in [-0.1, -0.05) is 19.9 Å². The summed E-state index contributed by atoms with van der Waals surface area (Å²) in [4.78, 5) is 16.6. The number of aryl methyl sites for hydroxylation is 1. The predicted molar refractivity (Wildman–Crippen MR) is 143 cm³/mol. The minimum Gasteiger partial charge on any atom is -0.357 e. The van der Waals surface area contributed by atoms with Gasteiger partial charge in [0.25, 0.3) is 0 Å². The summed E-state index contributed by atoms with van der Waals surface area (Å²) in [5.41, 5.74) is 3.56. The Kier molecular flexibility index (Phi) is 10.2. The van der Waals surface area contributed by atoms with E-state index in [-0.39, 0.29) is 24.0 Å². The number of nitrogens with zero attached hydrogens (tertiary/aromatic N) is 7. The normalized spacial score (nSPS) is 15.1. The number of hydrogen-bond donors (Lipinski definition) is 1. The van der Waals surface area contributed by atoms with Gasteiger partial charge >= 0.3 is 0 Å². The molecule has 9 heteroatoms. The number of aromatic nitrogens is 3. The molecule has 0 saturated carbocycles. The molecule has 32 heavy (non-hydrogen) atoms. The van der Waals surface area contributed by atoms with Crippen molar-refractivity contribution in [1.82, 2.24) is 29.9 Å². The first kappa shape index (κ1) is 26.4. The summed E-state index contributed by atoms with van der Waals surface area (Å²) in [6.07, 6.45) is 4.00. The van der Waals surface area contributed by atoms with Crippen molar-refractivity contribution in [2.75, 3.05) is 51.7 Å². The third-order valence-electron chi connectivity index (χ3n) is 5.66. The lowest BCUT2D eigenvalue weighted by Crippen LogP contribution is -2.45. The first-order chi connectivity index (χ1) is 14.9. The molecule has 1 N–H and O–H groups in total. The van der Waals surface area contributed by atoms with E-state index in [0.29, 0.717) is 12.5 Å². The van der Waals surface area contributed by atoms with Crippen LogP contribution in [0.4, 0.5) is 5.82 Å². The Morgan fingerprint density at radius 2 is 1.91 bits per heavy atom. The minimum atomic E-state index is 0. The van der Waals surface area contributed by atoms with Crippen molar-refractivity contribution in [3.8, 4) is 0 Å². The van der Waals surface area contributed by atoms with Crippen LogP contribution in [0, 0.1) is 0 Å². The van der Waals surface area contributed by atoms with Crippen LogP contribution < -0.4 is 10.2 Å². The van der Waals surface area contributed by atoms with Crippen LogP contribution in [0.1, 0.15) is 43.5 Å². The molecule has 0 radical (unpaired) electrons. The molecular weight excluding hydrogens is 515 g/mol. The first-order valence-corrected chi connectivity index (χ1v) is 11.3. The van der Waals surface area contributed by atoms with Crippen molar-refractivity contribution in [3.63, 3.8) is 0 Å². The molecule has 2 aromatic heterocycles. The molecule has 0 bridgehead atoms. The fourth-order valence-corrected chi connectivity index (χ4v) is 3.98. The Bertz CT molecular complexity index is 871. The zero-order valence-corrected chi connectivity index (χ0v) is 22.7. The quantitative estimate of drug-likeness (QED) is 0.323. The predicted octanol–water partition coefficient (Wildman–Crippen LogP) is 2.91. The second-order valence-corrected chi connectivity index (χ2v) is 8.67. The number of rotatable bonds is 7. The van der Waals surface area contributed by atoms with Gasteiger partial charge < -0.3 is 20.0 Å². The van der Waals surface area contributed by atoms with E-state index in [1.165, 1.54) is 11.1 Å². The molecular formula is C23H39IN8. The molecule has 0 aromatic carbocycles. The first-order valence-electron chi connectivity index (χ1n) is 11.3. The standard InChI is InChI=1S/C23H38N8.HI/c1-7-24-23(29(5)16-20-17-30(6)27-21(20)18(2)3)26-15-19-9-8-10-25-22(19)31-13-11-28(4)12-14-31;/h8-10,17-18H,7,11-16H2,1-6H3,(H,24,26);1H. The highest BCUT2D eigenvalue weighted by atomic mass is 127. The summed E-state index contributed by atoms with van der Waals surface area (Å²) in [5, 5.41) is 8.08. The van der Waals surface area contributed by atoms with Gasteiger partial charge in [-0.2, -0.15) is 5.10 Å². The summed E-state index contributed by atoms with van der Waals surface area (Å²) in [6, 6.07) is 4.15. The fourth-order valence-electron chi connectivity index (χ4n) is 3.98. The van der Waals surface area contributed by atoms with Crippen LogP contribution in [0.2, 0.25) is 0 Å². The number of nitrogens with one attached hydrogen (secondary N) is 1. The van der Waals surface area contributed by atoms with Crippen molar-refractivity contribution in [2.45, 2.75) is 39.8 Å². The van der Waals surface area contributed by atoms with E-state index in [4.69, 9.17) is 9.98 Å². The molecule has 0 spiro atoms. The Labute approximate surface area is 210 Å². The Morgan fingerprint density at radius 1 is 1.19 bits per heavy atom. The van der Waals surface area contributed by atoms with Crippen LogP contribution in [-0.4, -0.2) is 77.3 Å². The van der Waals surface area contributed by atoms with Crippen LogP contribution in [0.5, 0.6) is 0 Å². The van der Waals surface area contributed by atoms with Crippen LogP contribution >= 0.6 is 24.0 Å². The van der Waals surface area contributed by atoms with Gasteiger partial charge in [-0.25, -0.2) is 9.98 Å². The van der Waals surface area contributed by atoms with E-state index in [1.807, 2.05) is 24.0 Å². The number of anilines is 1. The lowest BCUT2D eigenvalue weighted by molar-refractivity contribution is 0.312. The third kappa shape index (κ3) is 6.81. The summed E-state index contributed by atoms with van der Waals surface area (Å²) >= 11 is 0. The van der Waals surface area contributed by atoms with Crippen molar-refractivity contribution >= 4 is 35.8 Å². The van der Waals surface area contributed by atoms with Crippen molar-refractivity contribution < 1.29 is 0 Å². The second kappa shape index (κ2) is 12.4. The summed E-state index contributed by atoms with van der Waals surface area (Å²) in [5.74, 6) is 2.35. The van der Waals surface area contributed by atoms with Gasteiger partial charge in [-0.05, 0) is 26.0 Å². The molecule has 178 valence electrons. The highest BCUT2D eigenvalue weighted by Gasteiger charge is 2.19. The van der Waals surface area contributed by atoms with Gasteiger partial charge in [0.05, 0.1) is 12.2 Å². The van der Waals surface area contributed by atoms with E-state index in [9.17, 15) is 0 Å². The number of hydrogen-bond acceptors (Lipinski definition) is 5. The van der Waals surface area contributed by atoms with Crippen LogP contribution in [0.25, 0.3) is 0 Å². The zero-order chi connectivity index (χ0) is 22.4. The van der Waals surface area contributed by atoms with Crippen molar-refractivity contribution in [1.29, 1.82) is 0 Å². The third-order valence-corrected chi connectivity index (χ3v) is 5.66. The second-order valence-electron chi connectivity index (χ2n) is 8.67.